The number of benzene rings is 2. The van der Waals surface area contributed by atoms with E-state index in [0.717, 1.165) is 33.4 Å². The number of nitrogens with zero attached hydrogens (tertiary/aromatic N) is 5. The summed E-state index contributed by atoms with van der Waals surface area (Å²) in [5.41, 5.74) is 2.58. The molecule has 0 aliphatic carbocycles. The Kier molecular flexibility index (Phi) is 5.94. The van der Waals surface area contributed by atoms with Gasteiger partial charge in [-0.15, -0.1) is 5.10 Å². The van der Waals surface area contributed by atoms with Crippen LogP contribution in [0.4, 0.5) is 18.9 Å². The molecule has 0 aliphatic rings. The zero-order valence-corrected chi connectivity index (χ0v) is 18.6. The lowest BCUT2D eigenvalue weighted by molar-refractivity contribution is -0.137. The van der Waals surface area contributed by atoms with E-state index < -0.39 is 23.2 Å². The van der Waals surface area contributed by atoms with Gasteiger partial charge in [0.1, 0.15) is 12.9 Å². The van der Waals surface area contributed by atoms with Crippen molar-refractivity contribution in [3.05, 3.63) is 80.9 Å². The van der Waals surface area contributed by atoms with Crippen LogP contribution in [0.2, 0.25) is 0 Å². The molecule has 2 aromatic heterocycles. The first-order valence-corrected chi connectivity index (χ1v) is 10.4. The lowest BCUT2D eigenvalue weighted by Gasteiger charge is -2.13. The Labute approximate surface area is 192 Å². The van der Waals surface area contributed by atoms with Crippen LogP contribution in [-0.2, 0) is 24.1 Å². The summed E-state index contributed by atoms with van der Waals surface area (Å²) in [7, 11) is 0. The van der Waals surface area contributed by atoms with Crippen LogP contribution in [0, 0.1) is 20.8 Å². The van der Waals surface area contributed by atoms with Crippen LogP contribution < -0.4 is 10.9 Å². The minimum atomic E-state index is -4.47. The molecule has 0 aliphatic heterocycles. The van der Waals surface area contributed by atoms with Gasteiger partial charge in [0.05, 0.1) is 12.1 Å². The number of aryl methyl sites for hydroxylation is 3. The van der Waals surface area contributed by atoms with Crippen LogP contribution in [-0.4, -0.2) is 30.5 Å². The van der Waals surface area contributed by atoms with E-state index in [0.29, 0.717) is 11.3 Å². The Morgan fingerprint density at radius 2 is 1.79 bits per heavy atom. The Morgan fingerprint density at radius 3 is 2.47 bits per heavy atom. The van der Waals surface area contributed by atoms with Gasteiger partial charge in [-0.2, -0.15) is 13.2 Å². The molecular formula is C23H21F3N6O2. The summed E-state index contributed by atoms with van der Waals surface area (Å²) in [6, 6.07) is 8.70. The maximum Gasteiger partial charge on any atom is 0.416 e. The highest BCUT2D eigenvalue weighted by Crippen LogP contribution is 2.29. The number of anilines is 1. The molecule has 8 nitrogen and oxygen atoms in total. The number of amides is 1. The van der Waals surface area contributed by atoms with Gasteiger partial charge in [0.15, 0.2) is 11.2 Å². The van der Waals surface area contributed by atoms with Crippen molar-refractivity contribution >= 4 is 22.8 Å². The molecule has 0 fully saturated rings. The van der Waals surface area contributed by atoms with Crippen molar-refractivity contribution in [2.45, 2.75) is 40.0 Å². The summed E-state index contributed by atoms with van der Waals surface area (Å²) in [5.74, 6) is -0.408. The summed E-state index contributed by atoms with van der Waals surface area (Å²) in [6.07, 6.45) is -3.27. The largest absolute Gasteiger partial charge is 0.416 e. The van der Waals surface area contributed by atoms with Gasteiger partial charge in [-0.3, -0.25) is 14.2 Å². The van der Waals surface area contributed by atoms with Crippen LogP contribution in [0.25, 0.3) is 11.2 Å². The van der Waals surface area contributed by atoms with Crippen LogP contribution in [0.3, 0.4) is 0 Å². The van der Waals surface area contributed by atoms with Crippen LogP contribution in [0.5, 0.6) is 0 Å². The van der Waals surface area contributed by atoms with Crippen molar-refractivity contribution in [3.8, 4) is 0 Å². The molecule has 2 aromatic carbocycles. The van der Waals surface area contributed by atoms with E-state index >= 15 is 0 Å². The number of halogens is 3. The molecular weight excluding hydrogens is 449 g/mol. The Morgan fingerprint density at radius 1 is 1.09 bits per heavy atom. The van der Waals surface area contributed by atoms with Gasteiger partial charge in [-0.25, -0.2) is 9.67 Å². The third-order valence-corrected chi connectivity index (χ3v) is 5.33. The predicted octanol–water partition coefficient (Wildman–Crippen LogP) is 3.62. The van der Waals surface area contributed by atoms with E-state index in [1.807, 2.05) is 32.9 Å². The fraction of sp³-hybridized carbons (Fsp3) is 0.261. The van der Waals surface area contributed by atoms with Crippen LogP contribution in [0.15, 0.2) is 47.5 Å². The average Bonchev–Trinajstić information content (AvgIpc) is 3.16. The quantitative estimate of drug-likeness (QED) is 0.481. The van der Waals surface area contributed by atoms with Crippen molar-refractivity contribution in [2.24, 2.45) is 0 Å². The smallest absolute Gasteiger partial charge is 0.324 e. The van der Waals surface area contributed by atoms with Gasteiger partial charge >= 0.3 is 6.18 Å². The number of hydrogen-bond donors (Lipinski definition) is 1. The van der Waals surface area contributed by atoms with Gasteiger partial charge in [-0.05, 0) is 49.6 Å². The highest BCUT2D eigenvalue weighted by molar-refractivity contribution is 5.92. The molecule has 4 aromatic rings. The molecule has 0 atom stereocenters. The second-order valence-corrected chi connectivity index (χ2v) is 8.12. The van der Waals surface area contributed by atoms with E-state index in [9.17, 15) is 22.8 Å². The van der Waals surface area contributed by atoms with Crippen molar-refractivity contribution in [1.29, 1.82) is 0 Å². The lowest BCUT2D eigenvalue weighted by Crippen LogP contribution is -2.28. The summed E-state index contributed by atoms with van der Waals surface area (Å²) < 4.78 is 41.3. The second kappa shape index (κ2) is 8.73. The third-order valence-electron chi connectivity index (χ3n) is 5.33. The number of alkyl halides is 3. The first-order chi connectivity index (χ1) is 16.0. The number of rotatable bonds is 5. The highest BCUT2D eigenvalue weighted by Gasteiger charge is 2.30. The Hall–Kier alpha value is -4.02. The van der Waals surface area contributed by atoms with Gasteiger partial charge in [-0.1, -0.05) is 35.0 Å². The summed E-state index contributed by atoms with van der Waals surface area (Å²) in [6.45, 7) is 5.40. The molecule has 11 heteroatoms. The van der Waals surface area contributed by atoms with Gasteiger partial charge in [0.2, 0.25) is 5.91 Å². The monoisotopic (exact) mass is 470 g/mol. The number of carbonyl (C=O) groups is 1. The Bertz CT molecular complexity index is 1430. The van der Waals surface area contributed by atoms with E-state index in [4.69, 9.17) is 0 Å². The number of carbonyl (C=O) groups excluding carboxylic acids is 1. The fourth-order valence-corrected chi connectivity index (χ4v) is 3.84. The first kappa shape index (κ1) is 23.1. The van der Waals surface area contributed by atoms with Crippen molar-refractivity contribution in [2.75, 3.05) is 5.32 Å². The standard InChI is InChI=1S/C23H21F3N6O2/c1-13-7-14(2)19(15(3)8-13)28-18(33)11-31-12-27-21-20(22(31)34)29-30-32(21)10-16-5-4-6-17(9-16)23(24,25)26/h4-9,12H,10-11H2,1-3H3,(H,28,33). The van der Waals surface area contributed by atoms with E-state index in [1.165, 1.54) is 23.1 Å². The zero-order chi connectivity index (χ0) is 24.6. The van der Waals surface area contributed by atoms with Gasteiger partial charge < -0.3 is 5.32 Å². The predicted molar refractivity (Wildman–Crippen MR) is 119 cm³/mol. The number of aromatic nitrogens is 5. The molecule has 1 amide bonds. The van der Waals surface area contributed by atoms with Gasteiger partial charge in [0.25, 0.3) is 5.56 Å². The normalized spacial score (nSPS) is 11.7. The van der Waals surface area contributed by atoms with Crippen molar-refractivity contribution < 1.29 is 18.0 Å². The van der Waals surface area contributed by atoms with Crippen molar-refractivity contribution in [3.63, 3.8) is 0 Å². The molecule has 176 valence electrons. The minimum Gasteiger partial charge on any atom is -0.324 e. The van der Waals surface area contributed by atoms with Crippen LogP contribution >= 0.6 is 0 Å². The zero-order valence-electron chi connectivity index (χ0n) is 18.6. The number of hydrogen-bond acceptors (Lipinski definition) is 5. The molecule has 0 bridgehead atoms. The second-order valence-electron chi connectivity index (χ2n) is 8.12. The Balaban J connectivity index is 1.56. The molecule has 0 unspecified atom stereocenters. The minimum absolute atomic E-state index is 0.0522. The summed E-state index contributed by atoms with van der Waals surface area (Å²) in [5, 5.41) is 10.5. The third kappa shape index (κ3) is 4.68. The molecule has 34 heavy (non-hydrogen) atoms. The van der Waals surface area contributed by atoms with Gasteiger partial charge in [0, 0.05) is 5.69 Å². The maximum absolute atomic E-state index is 13.0. The fourth-order valence-electron chi connectivity index (χ4n) is 3.84. The topological polar surface area (TPSA) is 94.7 Å². The highest BCUT2D eigenvalue weighted by atomic mass is 19.4. The molecule has 1 N–H and O–H groups in total. The van der Waals surface area contributed by atoms with Crippen LogP contribution in [0.1, 0.15) is 27.8 Å². The van der Waals surface area contributed by atoms with E-state index in [2.05, 4.69) is 20.6 Å². The lowest BCUT2D eigenvalue weighted by atomic mass is 10.1. The molecule has 0 saturated carbocycles. The summed E-state index contributed by atoms with van der Waals surface area (Å²) >= 11 is 0. The first-order valence-electron chi connectivity index (χ1n) is 10.4. The maximum atomic E-state index is 13.0. The number of nitrogens with one attached hydrogen (secondary N) is 1. The SMILES string of the molecule is Cc1cc(C)c(NC(=O)Cn2cnc3c(nnn3Cc3cccc(C(F)(F)F)c3)c2=O)c(C)c1. The molecule has 0 spiro atoms. The average molecular weight is 470 g/mol. The molecule has 4 rings (SSSR count). The van der Waals surface area contributed by atoms with E-state index in [-0.39, 0.29) is 24.3 Å². The molecule has 2 heterocycles. The molecule has 0 saturated heterocycles. The van der Waals surface area contributed by atoms with Crippen molar-refractivity contribution in [1.82, 2.24) is 24.5 Å². The number of fused-ring (bicyclic) bond motifs is 1. The summed E-state index contributed by atoms with van der Waals surface area (Å²) in [4.78, 5) is 29.6. The van der Waals surface area contributed by atoms with E-state index in [1.54, 1.807) is 0 Å². The molecule has 0 radical (unpaired) electrons.